The number of ketones is 1. The monoisotopic (exact) mass is 284 g/mol. The first-order chi connectivity index (χ1) is 9.67. The van der Waals surface area contributed by atoms with Crippen molar-refractivity contribution in [2.75, 3.05) is 7.11 Å². The molecule has 3 rings (SSSR count). The van der Waals surface area contributed by atoms with Crippen molar-refractivity contribution in [2.24, 2.45) is 0 Å². The molecule has 0 bridgehead atoms. The molecule has 20 heavy (non-hydrogen) atoms. The van der Waals surface area contributed by atoms with Gasteiger partial charge in [-0.2, -0.15) is 0 Å². The van der Waals surface area contributed by atoms with Crippen molar-refractivity contribution in [2.45, 2.75) is 6.42 Å². The molecule has 0 saturated heterocycles. The molecular formula is C17H13ClO2. The first-order valence-electron chi connectivity index (χ1n) is 6.35. The van der Waals surface area contributed by atoms with Gasteiger partial charge < -0.3 is 4.74 Å². The molecule has 0 heterocycles. The maximum atomic E-state index is 12.3. The second-order valence-electron chi connectivity index (χ2n) is 4.75. The first-order valence-corrected chi connectivity index (χ1v) is 6.73. The van der Waals surface area contributed by atoms with Gasteiger partial charge in [-0.25, -0.2) is 0 Å². The highest BCUT2D eigenvalue weighted by molar-refractivity contribution is 6.30. The predicted octanol–water partition coefficient (Wildman–Crippen LogP) is 4.17. The molecule has 3 heteroatoms. The van der Waals surface area contributed by atoms with Crippen LogP contribution in [0.5, 0.6) is 5.75 Å². The van der Waals surface area contributed by atoms with Crippen LogP contribution in [0.15, 0.2) is 48.0 Å². The number of ether oxygens (including phenoxy) is 1. The molecule has 2 nitrogen and oxygen atoms in total. The van der Waals surface area contributed by atoms with Gasteiger partial charge in [0, 0.05) is 22.6 Å². The van der Waals surface area contributed by atoms with Crippen molar-refractivity contribution in [3.05, 3.63) is 69.8 Å². The molecule has 0 atom stereocenters. The van der Waals surface area contributed by atoms with E-state index >= 15 is 0 Å². The van der Waals surface area contributed by atoms with Gasteiger partial charge in [-0.15, -0.1) is 0 Å². The van der Waals surface area contributed by atoms with Crippen LogP contribution in [0.1, 0.15) is 21.5 Å². The number of Topliss-reactive ketones (excluding diaryl/α,β-unsaturated/α-hetero) is 1. The van der Waals surface area contributed by atoms with Crippen molar-refractivity contribution in [1.82, 2.24) is 0 Å². The first kappa shape index (κ1) is 12.9. The van der Waals surface area contributed by atoms with Crippen LogP contribution in [0.25, 0.3) is 6.08 Å². The Bertz CT molecular complexity index is 699. The van der Waals surface area contributed by atoms with Crippen molar-refractivity contribution < 1.29 is 9.53 Å². The van der Waals surface area contributed by atoms with Crippen LogP contribution >= 0.6 is 11.6 Å². The lowest BCUT2D eigenvalue weighted by atomic mass is 10.1. The molecule has 0 aromatic heterocycles. The van der Waals surface area contributed by atoms with E-state index in [1.807, 2.05) is 48.5 Å². The highest BCUT2D eigenvalue weighted by Gasteiger charge is 2.24. The number of carbonyl (C=O) groups is 1. The molecule has 0 radical (unpaired) electrons. The van der Waals surface area contributed by atoms with E-state index < -0.39 is 0 Å². The van der Waals surface area contributed by atoms with Crippen LogP contribution in [-0.2, 0) is 6.42 Å². The number of rotatable bonds is 2. The summed E-state index contributed by atoms with van der Waals surface area (Å²) in [5.41, 5.74) is 3.58. The third-order valence-corrected chi connectivity index (χ3v) is 3.69. The van der Waals surface area contributed by atoms with Crippen molar-refractivity contribution in [3.8, 4) is 5.75 Å². The summed E-state index contributed by atoms with van der Waals surface area (Å²) in [6.07, 6.45) is 2.57. The van der Waals surface area contributed by atoms with Gasteiger partial charge in [0.15, 0.2) is 5.78 Å². The van der Waals surface area contributed by atoms with E-state index in [1.165, 1.54) is 0 Å². The summed E-state index contributed by atoms with van der Waals surface area (Å²) in [4.78, 5) is 12.3. The topological polar surface area (TPSA) is 26.3 Å². The lowest BCUT2D eigenvalue weighted by molar-refractivity contribution is 0.104. The minimum absolute atomic E-state index is 0.0950. The number of fused-ring (bicyclic) bond motifs is 1. The van der Waals surface area contributed by atoms with Crippen molar-refractivity contribution in [1.29, 1.82) is 0 Å². The maximum absolute atomic E-state index is 12.3. The molecule has 0 fully saturated rings. The molecule has 0 spiro atoms. The molecular weight excluding hydrogens is 272 g/mol. The van der Waals surface area contributed by atoms with Gasteiger partial charge in [0.2, 0.25) is 0 Å². The number of methoxy groups -OCH3 is 1. The molecule has 1 aliphatic rings. The Morgan fingerprint density at radius 2 is 1.90 bits per heavy atom. The van der Waals surface area contributed by atoms with Gasteiger partial charge >= 0.3 is 0 Å². The Balaban J connectivity index is 1.94. The Morgan fingerprint density at radius 3 is 2.60 bits per heavy atom. The summed E-state index contributed by atoms with van der Waals surface area (Å²) in [6.45, 7) is 0. The normalized spacial score (nSPS) is 15.5. The largest absolute Gasteiger partial charge is 0.497 e. The molecule has 100 valence electrons. The Morgan fingerprint density at radius 1 is 1.15 bits per heavy atom. The summed E-state index contributed by atoms with van der Waals surface area (Å²) in [6, 6.07) is 13.0. The highest BCUT2D eigenvalue weighted by atomic mass is 35.5. The Kier molecular flexibility index (Phi) is 3.33. The Hall–Kier alpha value is -2.06. The fraction of sp³-hybridized carbons (Fsp3) is 0.118. The van der Waals surface area contributed by atoms with E-state index in [-0.39, 0.29) is 5.78 Å². The summed E-state index contributed by atoms with van der Waals surface area (Å²) < 4.78 is 5.20. The molecule has 0 aliphatic heterocycles. The zero-order valence-electron chi connectivity index (χ0n) is 11.0. The zero-order chi connectivity index (χ0) is 14.1. The van der Waals surface area contributed by atoms with Crippen LogP contribution in [0.4, 0.5) is 0 Å². The van der Waals surface area contributed by atoms with Gasteiger partial charge in [-0.05, 0) is 47.5 Å². The molecule has 0 unspecified atom stereocenters. The van der Waals surface area contributed by atoms with Crippen LogP contribution in [0.3, 0.4) is 0 Å². The summed E-state index contributed by atoms with van der Waals surface area (Å²) in [5.74, 6) is 0.877. The van der Waals surface area contributed by atoms with Crippen LogP contribution < -0.4 is 4.74 Å². The zero-order valence-corrected chi connectivity index (χ0v) is 11.8. The predicted molar refractivity (Wildman–Crippen MR) is 80.5 cm³/mol. The van der Waals surface area contributed by atoms with Crippen LogP contribution in [0.2, 0.25) is 5.02 Å². The number of hydrogen-bond donors (Lipinski definition) is 0. The summed E-state index contributed by atoms with van der Waals surface area (Å²) in [7, 11) is 1.63. The molecule has 0 N–H and O–H groups in total. The third-order valence-electron chi connectivity index (χ3n) is 3.44. The maximum Gasteiger partial charge on any atom is 0.189 e. The fourth-order valence-electron chi connectivity index (χ4n) is 2.40. The van der Waals surface area contributed by atoms with Crippen molar-refractivity contribution in [3.63, 3.8) is 0 Å². The van der Waals surface area contributed by atoms with Crippen LogP contribution in [0, 0.1) is 0 Å². The number of halogens is 1. The second kappa shape index (κ2) is 5.14. The van der Waals surface area contributed by atoms with E-state index in [0.717, 1.165) is 28.0 Å². The smallest absolute Gasteiger partial charge is 0.189 e. The van der Waals surface area contributed by atoms with Crippen LogP contribution in [-0.4, -0.2) is 12.9 Å². The summed E-state index contributed by atoms with van der Waals surface area (Å²) in [5, 5.41) is 0.693. The standard InChI is InChI=1S/C17H13ClO2/c1-20-15-6-7-16-12(10-15)9-13(17(16)19)8-11-2-4-14(18)5-3-11/h2-8,10H,9H2,1H3. The lowest BCUT2D eigenvalue weighted by Gasteiger charge is -2.01. The second-order valence-corrected chi connectivity index (χ2v) is 5.19. The lowest BCUT2D eigenvalue weighted by Crippen LogP contribution is -1.95. The van der Waals surface area contributed by atoms with Gasteiger partial charge in [0.25, 0.3) is 0 Å². The van der Waals surface area contributed by atoms with Gasteiger partial charge in [0.1, 0.15) is 5.75 Å². The SMILES string of the molecule is COc1ccc2c(c1)CC(=Cc1ccc(Cl)cc1)C2=O. The number of hydrogen-bond acceptors (Lipinski definition) is 2. The molecule has 1 aliphatic carbocycles. The third kappa shape index (κ3) is 2.35. The highest BCUT2D eigenvalue weighted by Crippen LogP contribution is 2.30. The van der Waals surface area contributed by atoms with E-state index in [4.69, 9.17) is 16.3 Å². The minimum atomic E-state index is 0.0950. The average Bonchev–Trinajstić information content (AvgIpc) is 2.77. The molecule has 2 aromatic carbocycles. The van der Waals surface area contributed by atoms with Gasteiger partial charge in [-0.1, -0.05) is 23.7 Å². The van der Waals surface area contributed by atoms with Gasteiger partial charge in [0.05, 0.1) is 7.11 Å². The molecule has 0 saturated carbocycles. The van der Waals surface area contributed by atoms with Crippen molar-refractivity contribution >= 4 is 23.5 Å². The minimum Gasteiger partial charge on any atom is -0.497 e. The Labute approximate surface area is 122 Å². The summed E-state index contributed by atoms with van der Waals surface area (Å²) >= 11 is 5.86. The van der Waals surface area contributed by atoms with Gasteiger partial charge in [-0.3, -0.25) is 4.79 Å². The molecule has 0 amide bonds. The fourth-order valence-corrected chi connectivity index (χ4v) is 2.53. The average molecular weight is 285 g/mol. The van der Waals surface area contributed by atoms with E-state index in [1.54, 1.807) is 7.11 Å². The van der Waals surface area contributed by atoms with E-state index in [9.17, 15) is 4.79 Å². The van der Waals surface area contributed by atoms with E-state index in [2.05, 4.69) is 0 Å². The molecule has 2 aromatic rings. The number of benzene rings is 2. The quantitative estimate of drug-likeness (QED) is 0.774. The number of allylic oxidation sites excluding steroid dienone is 1. The van der Waals surface area contributed by atoms with E-state index in [0.29, 0.717) is 11.4 Å². The number of carbonyl (C=O) groups excluding carboxylic acids is 1.